The zero-order valence-corrected chi connectivity index (χ0v) is 11.8. The third-order valence-electron chi connectivity index (χ3n) is 2.74. The highest BCUT2D eigenvalue weighted by molar-refractivity contribution is 6.32. The SMILES string of the molecule is COc1cc(NC(C)CCC(C)C)ccc1Cl. The van der Waals surface area contributed by atoms with Gasteiger partial charge in [0.15, 0.2) is 0 Å². The van der Waals surface area contributed by atoms with Crippen molar-refractivity contribution in [3.63, 3.8) is 0 Å². The van der Waals surface area contributed by atoms with Crippen LogP contribution in [0.1, 0.15) is 33.6 Å². The van der Waals surface area contributed by atoms with Crippen molar-refractivity contribution in [1.29, 1.82) is 0 Å². The van der Waals surface area contributed by atoms with Gasteiger partial charge in [0.25, 0.3) is 0 Å². The fraction of sp³-hybridized carbons (Fsp3) is 0.571. The van der Waals surface area contributed by atoms with Crippen LogP contribution in [0.2, 0.25) is 5.02 Å². The quantitative estimate of drug-likeness (QED) is 0.803. The third kappa shape index (κ3) is 4.86. The van der Waals surface area contributed by atoms with E-state index < -0.39 is 0 Å². The van der Waals surface area contributed by atoms with Gasteiger partial charge >= 0.3 is 0 Å². The predicted octanol–water partition coefficient (Wildman–Crippen LogP) is 4.59. The van der Waals surface area contributed by atoms with Gasteiger partial charge in [0.05, 0.1) is 12.1 Å². The van der Waals surface area contributed by atoms with Crippen molar-refractivity contribution < 1.29 is 4.74 Å². The Bertz CT molecular complexity index is 352. The molecule has 1 rings (SSSR count). The average molecular weight is 256 g/mol. The largest absolute Gasteiger partial charge is 0.495 e. The summed E-state index contributed by atoms with van der Waals surface area (Å²) in [6, 6.07) is 6.24. The summed E-state index contributed by atoms with van der Waals surface area (Å²) in [5, 5.41) is 4.11. The maximum atomic E-state index is 5.98. The van der Waals surface area contributed by atoms with E-state index in [1.165, 1.54) is 12.8 Å². The minimum Gasteiger partial charge on any atom is -0.495 e. The molecule has 1 atom stereocenters. The molecule has 0 radical (unpaired) electrons. The second kappa shape index (κ2) is 6.75. The summed E-state index contributed by atoms with van der Waals surface area (Å²) >= 11 is 5.98. The van der Waals surface area contributed by atoms with E-state index in [4.69, 9.17) is 16.3 Å². The fourth-order valence-electron chi connectivity index (χ4n) is 1.69. The Hall–Kier alpha value is -0.890. The van der Waals surface area contributed by atoms with Gasteiger partial charge in [0.1, 0.15) is 5.75 Å². The Morgan fingerprint density at radius 1 is 1.24 bits per heavy atom. The lowest BCUT2D eigenvalue weighted by atomic mass is 10.0. The summed E-state index contributed by atoms with van der Waals surface area (Å²) in [6.45, 7) is 6.69. The van der Waals surface area contributed by atoms with Crippen LogP contribution in [0.25, 0.3) is 0 Å². The first-order valence-corrected chi connectivity index (χ1v) is 6.50. The van der Waals surface area contributed by atoms with Gasteiger partial charge in [0.2, 0.25) is 0 Å². The maximum absolute atomic E-state index is 5.98. The molecule has 0 spiro atoms. The number of methoxy groups -OCH3 is 1. The molecule has 0 aromatic heterocycles. The Morgan fingerprint density at radius 2 is 1.94 bits per heavy atom. The van der Waals surface area contributed by atoms with Crippen molar-refractivity contribution in [2.75, 3.05) is 12.4 Å². The summed E-state index contributed by atoms with van der Waals surface area (Å²) in [5.41, 5.74) is 1.06. The molecule has 1 unspecified atom stereocenters. The number of rotatable bonds is 6. The molecule has 2 nitrogen and oxygen atoms in total. The zero-order chi connectivity index (χ0) is 12.8. The van der Waals surface area contributed by atoms with Crippen LogP contribution in [-0.4, -0.2) is 13.2 Å². The van der Waals surface area contributed by atoms with Crippen LogP contribution in [0, 0.1) is 5.92 Å². The van der Waals surface area contributed by atoms with Gasteiger partial charge in [0, 0.05) is 17.8 Å². The van der Waals surface area contributed by atoms with Gasteiger partial charge < -0.3 is 10.1 Å². The van der Waals surface area contributed by atoms with E-state index in [1.807, 2.05) is 18.2 Å². The molecule has 0 bridgehead atoms. The van der Waals surface area contributed by atoms with Gasteiger partial charge in [-0.25, -0.2) is 0 Å². The van der Waals surface area contributed by atoms with Gasteiger partial charge in [-0.15, -0.1) is 0 Å². The average Bonchev–Trinajstić information content (AvgIpc) is 2.29. The molecule has 0 aliphatic heterocycles. The first-order valence-electron chi connectivity index (χ1n) is 6.13. The van der Waals surface area contributed by atoms with E-state index in [0.29, 0.717) is 16.8 Å². The molecule has 96 valence electrons. The minimum atomic E-state index is 0.461. The second-order valence-electron chi connectivity index (χ2n) is 4.87. The molecule has 1 aromatic rings. The van der Waals surface area contributed by atoms with Crippen LogP contribution >= 0.6 is 11.6 Å². The van der Waals surface area contributed by atoms with Crippen molar-refractivity contribution in [3.8, 4) is 5.75 Å². The third-order valence-corrected chi connectivity index (χ3v) is 3.05. The molecule has 0 aliphatic rings. The predicted molar refractivity (Wildman–Crippen MR) is 75.2 cm³/mol. The standard InChI is InChI=1S/C14H22ClNO/c1-10(2)5-6-11(3)16-12-7-8-13(15)14(9-12)17-4/h7-11,16H,5-6H2,1-4H3. The molecule has 0 saturated heterocycles. The van der Waals surface area contributed by atoms with Crippen LogP contribution in [-0.2, 0) is 0 Å². The van der Waals surface area contributed by atoms with Gasteiger partial charge in [-0.05, 0) is 37.8 Å². The normalized spacial score (nSPS) is 12.6. The lowest BCUT2D eigenvalue weighted by molar-refractivity contribution is 0.415. The maximum Gasteiger partial charge on any atom is 0.139 e. The van der Waals surface area contributed by atoms with Gasteiger partial charge in [-0.2, -0.15) is 0 Å². The molecule has 0 fully saturated rings. The van der Waals surface area contributed by atoms with E-state index in [2.05, 4.69) is 26.1 Å². The molecule has 0 saturated carbocycles. The Morgan fingerprint density at radius 3 is 2.53 bits per heavy atom. The van der Waals surface area contributed by atoms with Crippen molar-refractivity contribution >= 4 is 17.3 Å². The smallest absolute Gasteiger partial charge is 0.139 e. The van der Waals surface area contributed by atoms with Crippen LogP contribution in [0.4, 0.5) is 5.69 Å². The summed E-state index contributed by atoms with van der Waals surface area (Å²) in [4.78, 5) is 0. The van der Waals surface area contributed by atoms with Crippen molar-refractivity contribution in [2.45, 2.75) is 39.7 Å². The van der Waals surface area contributed by atoms with Crippen molar-refractivity contribution in [3.05, 3.63) is 23.2 Å². The molecule has 0 amide bonds. The molecule has 1 aromatic carbocycles. The zero-order valence-electron chi connectivity index (χ0n) is 11.1. The Balaban J connectivity index is 2.56. The van der Waals surface area contributed by atoms with E-state index in [1.54, 1.807) is 7.11 Å². The molecular weight excluding hydrogens is 234 g/mol. The number of ether oxygens (including phenoxy) is 1. The number of hydrogen-bond acceptors (Lipinski definition) is 2. The number of nitrogens with one attached hydrogen (secondary N) is 1. The number of benzene rings is 1. The first-order chi connectivity index (χ1) is 8.02. The monoisotopic (exact) mass is 255 g/mol. The second-order valence-corrected chi connectivity index (χ2v) is 5.27. The number of hydrogen-bond donors (Lipinski definition) is 1. The van der Waals surface area contributed by atoms with E-state index in [9.17, 15) is 0 Å². The highest BCUT2D eigenvalue weighted by Crippen LogP contribution is 2.27. The summed E-state index contributed by atoms with van der Waals surface area (Å²) < 4.78 is 5.19. The Labute approximate surface area is 109 Å². The van der Waals surface area contributed by atoms with Crippen molar-refractivity contribution in [2.24, 2.45) is 5.92 Å². The number of anilines is 1. The highest BCUT2D eigenvalue weighted by atomic mass is 35.5. The van der Waals surface area contributed by atoms with Crippen LogP contribution < -0.4 is 10.1 Å². The van der Waals surface area contributed by atoms with E-state index in [0.717, 1.165) is 11.6 Å². The van der Waals surface area contributed by atoms with E-state index >= 15 is 0 Å². The van der Waals surface area contributed by atoms with E-state index in [-0.39, 0.29) is 0 Å². The summed E-state index contributed by atoms with van der Waals surface area (Å²) in [7, 11) is 1.63. The Kier molecular flexibility index (Phi) is 5.63. The topological polar surface area (TPSA) is 21.3 Å². The fourth-order valence-corrected chi connectivity index (χ4v) is 1.88. The molecule has 3 heteroatoms. The molecule has 0 heterocycles. The highest BCUT2D eigenvalue weighted by Gasteiger charge is 2.06. The van der Waals surface area contributed by atoms with Crippen LogP contribution in [0.15, 0.2) is 18.2 Å². The van der Waals surface area contributed by atoms with Gasteiger partial charge in [-0.3, -0.25) is 0 Å². The molecular formula is C14H22ClNO. The summed E-state index contributed by atoms with van der Waals surface area (Å²) in [6.07, 6.45) is 2.40. The lowest BCUT2D eigenvalue weighted by Crippen LogP contribution is -2.15. The molecule has 17 heavy (non-hydrogen) atoms. The van der Waals surface area contributed by atoms with Crippen molar-refractivity contribution in [1.82, 2.24) is 0 Å². The molecule has 1 N–H and O–H groups in total. The summed E-state index contributed by atoms with van der Waals surface area (Å²) in [5.74, 6) is 1.46. The lowest BCUT2D eigenvalue weighted by Gasteiger charge is -2.17. The number of halogens is 1. The van der Waals surface area contributed by atoms with Crippen LogP contribution in [0.5, 0.6) is 5.75 Å². The van der Waals surface area contributed by atoms with Gasteiger partial charge in [-0.1, -0.05) is 25.4 Å². The minimum absolute atomic E-state index is 0.461. The van der Waals surface area contributed by atoms with Crippen LogP contribution in [0.3, 0.4) is 0 Å². The first kappa shape index (κ1) is 14.2. The molecule has 0 aliphatic carbocycles.